The van der Waals surface area contributed by atoms with Gasteiger partial charge in [-0.1, -0.05) is 6.92 Å². The highest BCUT2D eigenvalue weighted by atomic mass is 16.1. The quantitative estimate of drug-likeness (QED) is 0.598. The van der Waals surface area contributed by atoms with E-state index in [0.29, 0.717) is 6.04 Å². The van der Waals surface area contributed by atoms with Gasteiger partial charge in [0.1, 0.15) is 0 Å². The van der Waals surface area contributed by atoms with E-state index >= 15 is 0 Å². The van der Waals surface area contributed by atoms with Crippen molar-refractivity contribution < 1.29 is 4.79 Å². The molecule has 0 fully saturated rings. The minimum Gasteiger partial charge on any atom is -0.368 e. The Morgan fingerprint density at radius 1 is 1.26 bits per heavy atom. The molecule has 0 saturated heterocycles. The highest BCUT2D eigenvalue weighted by molar-refractivity contribution is 5.84. The molecule has 19 heavy (non-hydrogen) atoms. The van der Waals surface area contributed by atoms with Gasteiger partial charge >= 0.3 is 0 Å². The third-order valence-electron chi connectivity index (χ3n) is 3.66. The standard InChI is InChI=1S/C15H33N3O/c1-7-18(13(4)5)11-9-8-10-15(6,14(16)19)17-12(2)3/h12-13,17H,7-11H2,1-6H3,(H2,16,19). The molecule has 0 spiro atoms. The molecule has 4 nitrogen and oxygen atoms in total. The number of nitrogens with zero attached hydrogens (tertiary/aromatic N) is 1. The molecule has 0 aliphatic heterocycles. The van der Waals surface area contributed by atoms with Crippen molar-refractivity contribution in [3.05, 3.63) is 0 Å². The molecule has 0 aliphatic rings. The predicted molar refractivity (Wildman–Crippen MR) is 82.1 cm³/mol. The van der Waals surface area contributed by atoms with Crippen molar-refractivity contribution in [1.29, 1.82) is 0 Å². The Bertz CT molecular complexity index is 266. The Morgan fingerprint density at radius 3 is 2.21 bits per heavy atom. The summed E-state index contributed by atoms with van der Waals surface area (Å²) in [7, 11) is 0. The summed E-state index contributed by atoms with van der Waals surface area (Å²) in [5, 5.41) is 3.29. The van der Waals surface area contributed by atoms with Gasteiger partial charge in [0.25, 0.3) is 0 Å². The van der Waals surface area contributed by atoms with Crippen LogP contribution in [0.25, 0.3) is 0 Å². The highest BCUT2D eigenvalue weighted by Gasteiger charge is 2.30. The molecule has 0 radical (unpaired) electrons. The van der Waals surface area contributed by atoms with Crippen LogP contribution in [0.2, 0.25) is 0 Å². The number of unbranched alkanes of at least 4 members (excludes halogenated alkanes) is 1. The Kier molecular flexibility index (Phi) is 8.26. The van der Waals surface area contributed by atoms with Crippen molar-refractivity contribution in [3.63, 3.8) is 0 Å². The van der Waals surface area contributed by atoms with Crippen LogP contribution in [-0.2, 0) is 4.79 Å². The summed E-state index contributed by atoms with van der Waals surface area (Å²) in [6.07, 6.45) is 2.92. The molecule has 3 N–H and O–H groups in total. The second kappa shape index (κ2) is 8.54. The van der Waals surface area contributed by atoms with Gasteiger partial charge in [0.15, 0.2) is 0 Å². The van der Waals surface area contributed by atoms with Crippen molar-refractivity contribution in [3.8, 4) is 0 Å². The van der Waals surface area contributed by atoms with Crippen molar-refractivity contribution in [2.24, 2.45) is 5.73 Å². The van der Waals surface area contributed by atoms with Crippen LogP contribution in [0.3, 0.4) is 0 Å². The maximum atomic E-state index is 11.6. The first-order valence-electron chi connectivity index (χ1n) is 7.54. The first-order valence-corrected chi connectivity index (χ1v) is 7.54. The number of hydrogen-bond acceptors (Lipinski definition) is 3. The first kappa shape index (κ1) is 18.4. The van der Waals surface area contributed by atoms with Crippen LogP contribution in [-0.4, -0.2) is 41.5 Å². The molecule has 0 aromatic carbocycles. The average Bonchev–Trinajstić information content (AvgIpc) is 2.27. The molecule has 0 aliphatic carbocycles. The molecule has 0 rings (SSSR count). The van der Waals surface area contributed by atoms with E-state index in [9.17, 15) is 4.79 Å². The summed E-state index contributed by atoms with van der Waals surface area (Å²) in [4.78, 5) is 14.0. The van der Waals surface area contributed by atoms with Gasteiger partial charge < -0.3 is 16.0 Å². The zero-order valence-corrected chi connectivity index (χ0v) is 13.6. The Labute approximate surface area is 119 Å². The van der Waals surface area contributed by atoms with Gasteiger partial charge in [-0.3, -0.25) is 4.79 Å². The van der Waals surface area contributed by atoms with Gasteiger partial charge in [-0.2, -0.15) is 0 Å². The zero-order valence-electron chi connectivity index (χ0n) is 13.6. The van der Waals surface area contributed by atoms with Crippen molar-refractivity contribution in [2.45, 2.75) is 78.4 Å². The van der Waals surface area contributed by atoms with Gasteiger partial charge in [-0.15, -0.1) is 0 Å². The molecule has 1 atom stereocenters. The van der Waals surface area contributed by atoms with E-state index in [2.05, 4.69) is 31.0 Å². The van der Waals surface area contributed by atoms with Crippen molar-refractivity contribution in [2.75, 3.05) is 13.1 Å². The summed E-state index contributed by atoms with van der Waals surface area (Å²) in [6.45, 7) is 14.8. The minimum atomic E-state index is -0.580. The van der Waals surface area contributed by atoms with Crippen LogP contribution < -0.4 is 11.1 Å². The van der Waals surface area contributed by atoms with Crippen LogP contribution in [0.5, 0.6) is 0 Å². The third-order valence-corrected chi connectivity index (χ3v) is 3.66. The lowest BCUT2D eigenvalue weighted by molar-refractivity contribution is -0.124. The number of primary amides is 1. The number of rotatable bonds is 10. The highest BCUT2D eigenvalue weighted by Crippen LogP contribution is 2.15. The van der Waals surface area contributed by atoms with Gasteiger partial charge in [-0.05, 0) is 67.0 Å². The van der Waals surface area contributed by atoms with E-state index in [4.69, 9.17) is 5.73 Å². The van der Waals surface area contributed by atoms with E-state index in [-0.39, 0.29) is 11.9 Å². The molecule has 1 unspecified atom stereocenters. The molecule has 0 aromatic rings. The molecular formula is C15H33N3O. The SMILES string of the molecule is CCN(CCCCC(C)(NC(C)C)C(N)=O)C(C)C. The smallest absolute Gasteiger partial charge is 0.237 e. The number of carbonyl (C=O) groups is 1. The van der Waals surface area contributed by atoms with E-state index in [1.807, 2.05) is 20.8 Å². The van der Waals surface area contributed by atoms with Crippen LogP contribution >= 0.6 is 0 Å². The van der Waals surface area contributed by atoms with E-state index in [1.54, 1.807) is 0 Å². The van der Waals surface area contributed by atoms with Crippen LogP contribution in [0.1, 0.15) is 60.8 Å². The topological polar surface area (TPSA) is 58.4 Å². The molecule has 0 heterocycles. The lowest BCUT2D eigenvalue weighted by Crippen LogP contribution is -2.55. The zero-order chi connectivity index (χ0) is 15.1. The summed E-state index contributed by atoms with van der Waals surface area (Å²) >= 11 is 0. The lowest BCUT2D eigenvalue weighted by atomic mass is 9.93. The average molecular weight is 271 g/mol. The van der Waals surface area contributed by atoms with Gasteiger partial charge in [0.2, 0.25) is 5.91 Å². The normalized spacial score (nSPS) is 15.2. The Hall–Kier alpha value is -0.610. The van der Waals surface area contributed by atoms with Crippen LogP contribution in [0.15, 0.2) is 0 Å². The fraction of sp³-hybridized carbons (Fsp3) is 0.933. The van der Waals surface area contributed by atoms with Crippen LogP contribution in [0.4, 0.5) is 0 Å². The second-order valence-electron chi connectivity index (χ2n) is 6.17. The molecule has 4 heteroatoms. The van der Waals surface area contributed by atoms with Gasteiger partial charge in [0.05, 0.1) is 5.54 Å². The van der Waals surface area contributed by atoms with Gasteiger partial charge in [-0.25, -0.2) is 0 Å². The monoisotopic (exact) mass is 271 g/mol. The van der Waals surface area contributed by atoms with Crippen LogP contribution in [0, 0.1) is 0 Å². The third kappa shape index (κ3) is 6.92. The number of nitrogens with two attached hydrogens (primary N) is 1. The lowest BCUT2D eigenvalue weighted by Gasteiger charge is -2.30. The van der Waals surface area contributed by atoms with E-state index in [1.165, 1.54) is 0 Å². The molecule has 1 amide bonds. The predicted octanol–water partition coefficient (Wildman–Crippen LogP) is 2.13. The second-order valence-corrected chi connectivity index (χ2v) is 6.17. The fourth-order valence-corrected chi connectivity index (χ4v) is 2.48. The van der Waals surface area contributed by atoms with Crippen molar-refractivity contribution >= 4 is 5.91 Å². The summed E-state index contributed by atoms with van der Waals surface area (Å²) in [5.74, 6) is -0.252. The minimum absolute atomic E-state index is 0.252. The van der Waals surface area contributed by atoms with Crippen molar-refractivity contribution in [1.82, 2.24) is 10.2 Å². The maximum absolute atomic E-state index is 11.6. The summed E-state index contributed by atoms with van der Waals surface area (Å²) in [5.41, 5.74) is 4.94. The molecule has 0 saturated carbocycles. The number of nitrogens with one attached hydrogen (secondary N) is 1. The number of hydrogen-bond donors (Lipinski definition) is 2. The summed E-state index contributed by atoms with van der Waals surface area (Å²) < 4.78 is 0. The van der Waals surface area contributed by atoms with E-state index in [0.717, 1.165) is 32.4 Å². The molecule has 0 bridgehead atoms. The number of carbonyl (C=O) groups excluding carboxylic acids is 1. The van der Waals surface area contributed by atoms with Gasteiger partial charge in [0, 0.05) is 12.1 Å². The molecule has 0 aromatic heterocycles. The summed E-state index contributed by atoms with van der Waals surface area (Å²) in [6, 6.07) is 0.849. The fourth-order valence-electron chi connectivity index (χ4n) is 2.48. The largest absolute Gasteiger partial charge is 0.368 e. The first-order chi connectivity index (χ1) is 8.73. The number of amides is 1. The Morgan fingerprint density at radius 2 is 1.84 bits per heavy atom. The van der Waals surface area contributed by atoms with E-state index < -0.39 is 5.54 Å². The molecule has 114 valence electrons. The Balaban J connectivity index is 4.17. The maximum Gasteiger partial charge on any atom is 0.237 e. The molecular weight excluding hydrogens is 238 g/mol.